The zero-order valence-corrected chi connectivity index (χ0v) is 9.97. The summed E-state index contributed by atoms with van der Waals surface area (Å²) < 4.78 is 0. The summed E-state index contributed by atoms with van der Waals surface area (Å²) in [5, 5.41) is 17.9. The van der Waals surface area contributed by atoms with Crippen LogP contribution in [0.2, 0.25) is 0 Å². The molecule has 0 aromatic heterocycles. The number of para-hydroxylation sites is 1. The fraction of sp³-hybridized carbons (Fsp3) is 0.385. The number of aromatic carboxylic acids is 1. The summed E-state index contributed by atoms with van der Waals surface area (Å²) in [7, 11) is 0. The van der Waals surface area contributed by atoms with Crippen LogP contribution in [0, 0.1) is 11.3 Å². The van der Waals surface area contributed by atoms with E-state index < -0.39 is 5.97 Å². The van der Waals surface area contributed by atoms with E-state index in [2.05, 4.69) is 6.07 Å². The molecule has 0 aliphatic heterocycles. The van der Waals surface area contributed by atoms with Crippen LogP contribution in [0.5, 0.6) is 0 Å². The Kier molecular flexibility index (Phi) is 3.38. The first kappa shape index (κ1) is 12.2. The Morgan fingerprint density at radius 1 is 1.56 bits per heavy atom. The second kappa shape index (κ2) is 4.96. The van der Waals surface area contributed by atoms with Crippen molar-refractivity contribution in [3.8, 4) is 6.07 Å². The lowest BCUT2D eigenvalue weighted by atomic mass is 10.1. The van der Waals surface area contributed by atoms with E-state index in [0.29, 0.717) is 30.4 Å². The van der Waals surface area contributed by atoms with E-state index in [1.807, 2.05) is 4.90 Å². The minimum absolute atomic E-state index is 0.208. The van der Waals surface area contributed by atoms with Crippen LogP contribution in [-0.2, 0) is 0 Å². The summed E-state index contributed by atoms with van der Waals surface area (Å²) in [6.07, 6.45) is 2.42. The van der Waals surface area contributed by atoms with Gasteiger partial charge in [0, 0.05) is 12.6 Å². The highest BCUT2D eigenvalue weighted by Crippen LogP contribution is 2.37. The van der Waals surface area contributed by atoms with E-state index in [1.165, 1.54) is 0 Å². The highest BCUT2D eigenvalue weighted by atomic mass is 16.4. The molecule has 0 spiro atoms. The van der Waals surface area contributed by atoms with Gasteiger partial charge in [-0.2, -0.15) is 5.26 Å². The van der Waals surface area contributed by atoms with Gasteiger partial charge in [-0.1, -0.05) is 6.07 Å². The Bertz CT molecular complexity index is 503. The number of anilines is 2. The molecule has 0 amide bonds. The molecule has 1 fully saturated rings. The number of nitrogens with two attached hydrogens (primary N) is 1. The van der Waals surface area contributed by atoms with Gasteiger partial charge in [0.2, 0.25) is 0 Å². The van der Waals surface area contributed by atoms with Crippen molar-refractivity contribution in [1.29, 1.82) is 5.26 Å². The van der Waals surface area contributed by atoms with Crippen molar-refractivity contribution in [2.24, 2.45) is 0 Å². The molecule has 0 unspecified atom stereocenters. The van der Waals surface area contributed by atoms with Gasteiger partial charge >= 0.3 is 5.97 Å². The smallest absolute Gasteiger partial charge is 0.337 e. The number of benzene rings is 1. The molecule has 18 heavy (non-hydrogen) atoms. The monoisotopic (exact) mass is 245 g/mol. The second-order valence-corrected chi connectivity index (χ2v) is 4.38. The second-order valence-electron chi connectivity index (χ2n) is 4.38. The first-order valence-corrected chi connectivity index (χ1v) is 5.90. The summed E-state index contributed by atoms with van der Waals surface area (Å²) in [6.45, 7) is 0.523. The van der Waals surface area contributed by atoms with Gasteiger partial charge in [0.15, 0.2) is 0 Å². The van der Waals surface area contributed by atoms with Crippen LogP contribution < -0.4 is 10.6 Å². The molecule has 94 valence electrons. The maximum absolute atomic E-state index is 11.2. The molecule has 5 nitrogen and oxygen atoms in total. The predicted octanol–water partition coefficient (Wildman–Crippen LogP) is 1.85. The third kappa shape index (κ3) is 2.38. The van der Waals surface area contributed by atoms with E-state index in [4.69, 9.17) is 11.0 Å². The van der Waals surface area contributed by atoms with E-state index in [0.717, 1.165) is 12.8 Å². The number of carboxylic acid groups (broad SMARTS) is 1. The summed E-state index contributed by atoms with van der Waals surface area (Å²) >= 11 is 0. The van der Waals surface area contributed by atoms with Gasteiger partial charge < -0.3 is 15.7 Å². The summed E-state index contributed by atoms with van der Waals surface area (Å²) in [4.78, 5) is 13.2. The quantitative estimate of drug-likeness (QED) is 0.772. The van der Waals surface area contributed by atoms with Crippen molar-refractivity contribution in [3.63, 3.8) is 0 Å². The highest BCUT2D eigenvalue weighted by molar-refractivity contribution is 5.98. The average Bonchev–Trinajstić information content (AvgIpc) is 3.15. The van der Waals surface area contributed by atoms with Crippen molar-refractivity contribution < 1.29 is 9.90 Å². The first-order chi connectivity index (χ1) is 8.65. The first-order valence-electron chi connectivity index (χ1n) is 5.90. The van der Waals surface area contributed by atoms with Crippen LogP contribution in [0.25, 0.3) is 0 Å². The van der Waals surface area contributed by atoms with E-state index in [-0.39, 0.29) is 5.56 Å². The summed E-state index contributed by atoms with van der Waals surface area (Å²) in [5.74, 6) is -0.986. The van der Waals surface area contributed by atoms with Crippen LogP contribution in [0.15, 0.2) is 18.2 Å². The molecule has 1 aliphatic carbocycles. The third-order valence-corrected chi connectivity index (χ3v) is 3.04. The molecule has 0 atom stereocenters. The number of nitrogens with zero attached hydrogens (tertiary/aromatic N) is 2. The lowest BCUT2D eigenvalue weighted by molar-refractivity contribution is 0.0697. The van der Waals surface area contributed by atoms with Gasteiger partial charge in [0.05, 0.1) is 29.4 Å². The fourth-order valence-electron chi connectivity index (χ4n) is 2.09. The summed E-state index contributed by atoms with van der Waals surface area (Å²) in [6, 6.07) is 7.30. The normalized spacial score (nSPS) is 13.9. The fourth-order valence-corrected chi connectivity index (χ4v) is 2.09. The molecule has 0 radical (unpaired) electrons. The zero-order chi connectivity index (χ0) is 13.1. The van der Waals surface area contributed by atoms with Gasteiger partial charge in [-0.25, -0.2) is 4.79 Å². The van der Waals surface area contributed by atoms with Crippen molar-refractivity contribution >= 4 is 17.3 Å². The molecule has 1 aromatic carbocycles. The lowest BCUT2D eigenvalue weighted by Gasteiger charge is -2.26. The largest absolute Gasteiger partial charge is 0.478 e. The maximum atomic E-state index is 11.2. The molecular weight excluding hydrogens is 230 g/mol. The Morgan fingerprint density at radius 3 is 2.83 bits per heavy atom. The van der Waals surface area contributed by atoms with Gasteiger partial charge in [0.1, 0.15) is 0 Å². The van der Waals surface area contributed by atoms with E-state index >= 15 is 0 Å². The highest BCUT2D eigenvalue weighted by Gasteiger charge is 2.32. The van der Waals surface area contributed by atoms with Gasteiger partial charge in [0.25, 0.3) is 0 Å². The van der Waals surface area contributed by atoms with E-state index in [1.54, 1.807) is 18.2 Å². The standard InChI is InChI=1S/C13H15N3O2/c14-7-2-8-16(9-5-6-9)12-10(13(17)18)3-1-4-11(12)15/h1,3-4,9H,2,5-6,8,15H2,(H,17,18). The minimum Gasteiger partial charge on any atom is -0.478 e. The Hall–Kier alpha value is -2.22. The van der Waals surface area contributed by atoms with Crippen LogP contribution >= 0.6 is 0 Å². The number of carbonyl (C=O) groups is 1. The Balaban J connectivity index is 2.39. The summed E-state index contributed by atoms with van der Waals surface area (Å²) in [5.41, 5.74) is 7.13. The lowest BCUT2D eigenvalue weighted by Crippen LogP contribution is -2.29. The van der Waals surface area contributed by atoms with E-state index in [9.17, 15) is 9.90 Å². The molecule has 1 aliphatic rings. The molecule has 2 rings (SSSR count). The topological polar surface area (TPSA) is 90.4 Å². The third-order valence-electron chi connectivity index (χ3n) is 3.04. The van der Waals surface area contributed by atoms with Crippen LogP contribution in [0.3, 0.4) is 0 Å². The molecular formula is C13H15N3O2. The zero-order valence-electron chi connectivity index (χ0n) is 9.97. The molecule has 3 N–H and O–H groups in total. The Labute approximate surface area is 105 Å². The van der Waals surface area contributed by atoms with Gasteiger partial charge in [-0.05, 0) is 25.0 Å². The number of nitrogen functional groups attached to an aromatic ring is 1. The van der Waals surface area contributed by atoms with Crippen LogP contribution in [0.1, 0.15) is 29.6 Å². The number of carboxylic acids is 1. The van der Waals surface area contributed by atoms with Gasteiger partial charge in [-0.15, -0.1) is 0 Å². The number of rotatable bonds is 5. The minimum atomic E-state index is -0.986. The predicted molar refractivity (Wildman–Crippen MR) is 68.4 cm³/mol. The number of hydrogen-bond donors (Lipinski definition) is 2. The Morgan fingerprint density at radius 2 is 2.28 bits per heavy atom. The molecule has 1 saturated carbocycles. The average molecular weight is 245 g/mol. The molecule has 0 heterocycles. The van der Waals surface area contributed by atoms with Crippen molar-refractivity contribution in [2.75, 3.05) is 17.2 Å². The number of nitriles is 1. The van der Waals surface area contributed by atoms with Gasteiger partial charge in [-0.3, -0.25) is 0 Å². The van der Waals surface area contributed by atoms with Crippen molar-refractivity contribution in [3.05, 3.63) is 23.8 Å². The van der Waals surface area contributed by atoms with Crippen LogP contribution in [0.4, 0.5) is 11.4 Å². The molecule has 0 bridgehead atoms. The molecule has 5 heteroatoms. The molecule has 0 saturated heterocycles. The number of hydrogen-bond acceptors (Lipinski definition) is 4. The SMILES string of the molecule is N#CCCN(c1c(N)cccc1C(=O)O)C1CC1. The van der Waals surface area contributed by atoms with Crippen molar-refractivity contribution in [1.82, 2.24) is 0 Å². The van der Waals surface area contributed by atoms with Crippen molar-refractivity contribution in [2.45, 2.75) is 25.3 Å². The maximum Gasteiger partial charge on any atom is 0.337 e. The van der Waals surface area contributed by atoms with Crippen LogP contribution in [-0.4, -0.2) is 23.7 Å². The molecule has 1 aromatic rings.